The summed E-state index contributed by atoms with van der Waals surface area (Å²) in [6, 6.07) is 17.2. The van der Waals surface area contributed by atoms with Crippen LogP contribution in [0.2, 0.25) is 0 Å². The number of fused-ring (bicyclic) bond motifs is 1. The Labute approximate surface area is 135 Å². The Bertz CT molecular complexity index is 965. The Morgan fingerprint density at radius 1 is 1.09 bits per heavy atom. The molecule has 0 aliphatic heterocycles. The van der Waals surface area contributed by atoms with Gasteiger partial charge in [-0.1, -0.05) is 18.2 Å². The van der Waals surface area contributed by atoms with E-state index in [0.717, 1.165) is 17.0 Å². The van der Waals surface area contributed by atoms with Crippen LogP contribution in [-0.4, -0.2) is 21.1 Å². The molecular formula is C16H12N4O2S. The maximum absolute atomic E-state index is 5.70. The molecule has 0 saturated carbocycles. The average molecular weight is 324 g/mol. The molecule has 0 spiro atoms. The first kappa shape index (κ1) is 13.7. The normalized spacial score (nSPS) is 12.0. The van der Waals surface area contributed by atoms with Gasteiger partial charge in [-0.25, -0.2) is 4.99 Å². The lowest BCUT2D eigenvalue weighted by Crippen LogP contribution is -1.95. The highest BCUT2D eigenvalue weighted by Gasteiger charge is 2.10. The van der Waals surface area contributed by atoms with Crippen molar-refractivity contribution in [2.75, 3.05) is 7.11 Å². The number of aromatic nitrogens is 3. The van der Waals surface area contributed by atoms with Gasteiger partial charge in [-0.15, -0.1) is 9.00 Å². The van der Waals surface area contributed by atoms with Crippen LogP contribution in [0.3, 0.4) is 0 Å². The number of benzene rings is 2. The van der Waals surface area contributed by atoms with Gasteiger partial charge in [-0.2, -0.15) is 4.98 Å². The largest absolute Gasteiger partial charge is 0.497 e. The molecule has 2 heterocycles. The van der Waals surface area contributed by atoms with Crippen molar-refractivity contribution in [2.45, 2.75) is 0 Å². The fourth-order valence-corrected chi connectivity index (χ4v) is 2.78. The molecule has 4 aromatic rings. The quantitative estimate of drug-likeness (QED) is 0.580. The number of para-hydroxylation sites is 1. The van der Waals surface area contributed by atoms with Crippen molar-refractivity contribution in [3.8, 4) is 17.2 Å². The van der Waals surface area contributed by atoms with E-state index in [-0.39, 0.29) is 0 Å². The van der Waals surface area contributed by atoms with E-state index >= 15 is 0 Å². The molecule has 114 valence electrons. The summed E-state index contributed by atoms with van der Waals surface area (Å²) in [6.07, 6.45) is 0. The van der Waals surface area contributed by atoms with Gasteiger partial charge in [-0.3, -0.25) is 0 Å². The summed E-state index contributed by atoms with van der Waals surface area (Å²) in [4.78, 5) is 9.40. The zero-order valence-corrected chi connectivity index (χ0v) is 13.0. The lowest BCUT2D eigenvalue weighted by atomic mass is 10.2. The summed E-state index contributed by atoms with van der Waals surface area (Å²) in [5, 5.41) is 4.41. The van der Waals surface area contributed by atoms with Crippen LogP contribution < -0.4 is 9.54 Å². The minimum atomic E-state index is 0.426. The third-order valence-corrected chi connectivity index (χ3v) is 3.97. The molecule has 0 amide bonds. The van der Waals surface area contributed by atoms with Crippen LogP contribution in [0.4, 0.5) is 5.69 Å². The maximum atomic E-state index is 5.70. The standard InChI is InChI=1S/C16H12N4O2S/c1-21-13-9-7-11(8-10-13)14-19-20-16(22-14)18-15(23-20)17-12-5-3-2-4-6-12/h2-10H,1H3. The molecular weight excluding hydrogens is 312 g/mol. The summed E-state index contributed by atoms with van der Waals surface area (Å²) >= 11 is 1.32. The zero-order chi connectivity index (χ0) is 15.6. The van der Waals surface area contributed by atoms with E-state index in [9.17, 15) is 0 Å². The van der Waals surface area contributed by atoms with Crippen LogP contribution in [0.15, 0.2) is 64.0 Å². The van der Waals surface area contributed by atoms with E-state index in [0.29, 0.717) is 16.5 Å². The molecule has 0 fully saturated rings. The molecule has 0 unspecified atom stereocenters. The molecule has 2 aromatic carbocycles. The first-order valence-corrected chi connectivity index (χ1v) is 7.70. The van der Waals surface area contributed by atoms with Crippen molar-refractivity contribution < 1.29 is 9.15 Å². The average Bonchev–Trinajstić information content (AvgIpc) is 3.14. The third-order valence-electron chi connectivity index (χ3n) is 3.21. The molecule has 0 radical (unpaired) electrons. The summed E-state index contributed by atoms with van der Waals surface area (Å²) in [5.41, 5.74) is 1.71. The van der Waals surface area contributed by atoms with Crippen molar-refractivity contribution in [1.82, 2.24) is 14.0 Å². The van der Waals surface area contributed by atoms with Gasteiger partial charge in [0.05, 0.1) is 12.8 Å². The number of rotatable bonds is 3. The van der Waals surface area contributed by atoms with E-state index in [1.807, 2.05) is 54.6 Å². The van der Waals surface area contributed by atoms with Crippen LogP contribution in [0.25, 0.3) is 17.3 Å². The van der Waals surface area contributed by atoms with E-state index in [2.05, 4.69) is 15.1 Å². The molecule has 2 aromatic heterocycles. The fraction of sp³-hybridized carbons (Fsp3) is 0.0625. The van der Waals surface area contributed by atoms with Gasteiger partial charge >= 0.3 is 5.84 Å². The molecule has 0 atom stereocenters. The van der Waals surface area contributed by atoms with Crippen LogP contribution in [0, 0.1) is 0 Å². The van der Waals surface area contributed by atoms with Crippen LogP contribution in [0.5, 0.6) is 5.75 Å². The topological polar surface area (TPSA) is 64.9 Å². The molecule has 7 heteroatoms. The lowest BCUT2D eigenvalue weighted by Gasteiger charge is -1.98. The van der Waals surface area contributed by atoms with Gasteiger partial charge < -0.3 is 9.15 Å². The second-order valence-corrected chi connectivity index (χ2v) is 5.62. The number of methoxy groups -OCH3 is 1. The predicted octanol–water partition coefficient (Wildman–Crippen LogP) is 3.29. The maximum Gasteiger partial charge on any atom is 0.337 e. The van der Waals surface area contributed by atoms with Crippen LogP contribution >= 0.6 is 11.5 Å². The molecule has 23 heavy (non-hydrogen) atoms. The SMILES string of the molecule is COc1ccc(-c2nn3sc(=Nc4ccccc4)nc3o2)cc1. The Hall–Kier alpha value is -2.93. The van der Waals surface area contributed by atoms with E-state index in [4.69, 9.17) is 9.15 Å². The Balaban J connectivity index is 1.70. The van der Waals surface area contributed by atoms with Gasteiger partial charge in [-0.05, 0) is 36.4 Å². The second kappa shape index (κ2) is 5.69. The molecule has 0 aliphatic rings. The minimum Gasteiger partial charge on any atom is -0.497 e. The Morgan fingerprint density at radius 2 is 1.87 bits per heavy atom. The van der Waals surface area contributed by atoms with Crippen molar-refractivity contribution >= 4 is 23.1 Å². The monoisotopic (exact) mass is 324 g/mol. The lowest BCUT2D eigenvalue weighted by molar-refractivity contribution is 0.415. The van der Waals surface area contributed by atoms with E-state index in [1.165, 1.54) is 11.5 Å². The van der Waals surface area contributed by atoms with E-state index in [1.54, 1.807) is 11.0 Å². The Kier molecular flexibility index (Phi) is 3.39. The van der Waals surface area contributed by atoms with Gasteiger partial charge in [0.1, 0.15) is 5.75 Å². The highest BCUT2D eigenvalue weighted by atomic mass is 32.1. The highest BCUT2D eigenvalue weighted by molar-refractivity contribution is 7.03. The summed E-state index contributed by atoms with van der Waals surface area (Å²) in [5.74, 6) is 1.73. The van der Waals surface area contributed by atoms with Crippen LogP contribution in [-0.2, 0) is 0 Å². The zero-order valence-electron chi connectivity index (χ0n) is 12.2. The van der Waals surface area contributed by atoms with Gasteiger partial charge in [0, 0.05) is 17.1 Å². The number of hydrogen-bond donors (Lipinski definition) is 0. The summed E-state index contributed by atoms with van der Waals surface area (Å²) in [6.45, 7) is 0. The molecule has 6 nitrogen and oxygen atoms in total. The smallest absolute Gasteiger partial charge is 0.337 e. The van der Waals surface area contributed by atoms with Gasteiger partial charge in [0.25, 0.3) is 0 Å². The third kappa shape index (κ3) is 2.74. The number of nitrogens with zero attached hydrogens (tertiary/aromatic N) is 4. The molecule has 0 N–H and O–H groups in total. The van der Waals surface area contributed by atoms with E-state index < -0.39 is 0 Å². The van der Waals surface area contributed by atoms with Crippen molar-refractivity contribution in [3.05, 3.63) is 59.4 Å². The number of ether oxygens (including phenoxy) is 1. The molecule has 0 bridgehead atoms. The van der Waals surface area contributed by atoms with Crippen molar-refractivity contribution in [2.24, 2.45) is 4.99 Å². The number of hydrogen-bond acceptors (Lipinski definition) is 6. The predicted molar refractivity (Wildman–Crippen MR) is 86.8 cm³/mol. The minimum absolute atomic E-state index is 0.426. The van der Waals surface area contributed by atoms with Crippen molar-refractivity contribution in [1.29, 1.82) is 0 Å². The second-order valence-electron chi connectivity index (χ2n) is 4.72. The van der Waals surface area contributed by atoms with Crippen LogP contribution in [0.1, 0.15) is 0 Å². The highest BCUT2D eigenvalue weighted by Crippen LogP contribution is 2.22. The van der Waals surface area contributed by atoms with Crippen molar-refractivity contribution in [3.63, 3.8) is 0 Å². The first-order chi connectivity index (χ1) is 11.3. The van der Waals surface area contributed by atoms with Gasteiger partial charge in [0.2, 0.25) is 10.7 Å². The molecule has 0 saturated heterocycles. The first-order valence-electron chi connectivity index (χ1n) is 6.93. The molecule has 0 aliphatic carbocycles. The van der Waals surface area contributed by atoms with Gasteiger partial charge in [0.15, 0.2) is 0 Å². The fourth-order valence-electron chi connectivity index (χ4n) is 2.08. The Morgan fingerprint density at radius 3 is 2.57 bits per heavy atom. The molecule has 4 rings (SSSR count). The summed E-state index contributed by atoms with van der Waals surface area (Å²) < 4.78 is 12.5. The summed E-state index contributed by atoms with van der Waals surface area (Å²) in [7, 11) is 1.63.